The highest BCUT2D eigenvalue weighted by Crippen LogP contribution is 2.20. The lowest BCUT2D eigenvalue weighted by Gasteiger charge is -2.11. The molecule has 1 heterocycles. The Bertz CT molecular complexity index is 433. The molecule has 2 N–H and O–H groups in total. The maximum atomic E-state index is 11.7. The van der Waals surface area contributed by atoms with Crippen LogP contribution in [0.5, 0.6) is 0 Å². The molecular weight excluding hydrogens is 228 g/mol. The Morgan fingerprint density at radius 3 is 2.81 bits per heavy atom. The highest BCUT2D eigenvalue weighted by molar-refractivity contribution is 7.93. The average molecular weight is 244 g/mol. The van der Waals surface area contributed by atoms with E-state index < -0.39 is 10.0 Å². The van der Waals surface area contributed by atoms with Gasteiger partial charge in [0.05, 0.1) is 11.5 Å². The van der Waals surface area contributed by atoms with Crippen molar-refractivity contribution in [3.8, 4) is 0 Å². The second kappa shape index (κ2) is 4.90. The fraction of sp³-hybridized carbons (Fsp3) is 0.500. The topological polar surface area (TPSA) is 78.8 Å². The Kier molecular flexibility index (Phi) is 4.01. The van der Waals surface area contributed by atoms with Crippen molar-refractivity contribution in [2.24, 2.45) is 10.4 Å². The van der Waals surface area contributed by atoms with Gasteiger partial charge in [0.2, 0.25) is 10.0 Å². The molecule has 0 saturated carbocycles. The van der Waals surface area contributed by atoms with Crippen LogP contribution in [0, 0.1) is 5.41 Å². The van der Waals surface area contributed by atoms with Crippen LogP contribution < -0.4 is 4.72 Å². The Labute approximate surface area is 95.6 Å². The summed E-state index contributed by atoms with van der Waals surface area (Å²) < 4.78 is 25.6. The number of aliphatic imine (C=N–C) groups is 1. The van der Waals surface area contributed by atoms with Gasteiger partial charge in [0, 0.05) is 24.4 Å². The van der Waals surface area contributed by atoms with Crippen molar-refractivity contribution in [1.82, 2.24) is 4.72 Å². The van der Waals surface area contributed by atoms with E-state index in [1.165, 1.54) is 12.3 Å². The number of aliphatic hydroxyl groups excluding tert-OH is 1. The molecule has 0 atom stereocenters. The predicted octanol–water partition coefficient (Wildman–Crippen LogP) is 0.406. The van der Waals surface area contributed by atoms with E-state index in [2.05, 4.69) is 9.71 Å². The van der Waals surface area contributed by atoms with Crippen LogP contribution in [-0.2, 0) is 10.0 Å². The molecule has 6 heteroatoms. The minimum Gasteiger partial charge on any atom is -0.395 e. The van der Waals surface area contributed by atoms with Gasteiger partial charge in [-0.1, -0.05) is 19.9 Å². The summed E-state index contributed by atoms with van der Waals surface area (Å²) in [7, 11) is -3.57. The molecule has 90 valence electrons. The first-order valence-electron chi connectivity index (χ1n) is 4.92. The Morgan fingerprint density at radius 1 is 1.50 bits per heavy atom. The second-order valence-corrected chi connectivity index (χ2v) is 5.85. The largest absolute Gasteiger partial charge is 0.395 e. The summed E-state index contributed by atoms with van der Waals surface area (Å²) in [4.78, 5) is 4.05. The van der Waals surface area contributed by atoms with Crippen molar-refractivity contribution < 1.29 is 13.5 Å². The number of hydrogen-bond acceptors (Lipinski definition) is 4. The highest BCUT2D eigenvalue weighted by Gasteiger charge is 2.18. The van der Waals surface area contributed by atoms with Gasteiger partial charge in [-0.05, 0) is 6.08 Å². The van der Waals surface area contributed by atoms with E-state index in [0.717, 1.165) is 0 Å². The molecule has 0 aromatic heterocycles. The van der Waals surface area contributed by atoms with Gasteiger partial charge in [-0.15, -0.1) is 0 Å². The first kappa shape index (κ1) is 13.1. The SMILES string of the molecule is CC1(C)C=CC(S(=O)(=O)NCCO)=CN=C1. The van der Waals surface area contributed by atoms with Crippen molar-refractivity contribution in [3.05, 3.63) is 23.3 Å². The number of hydrogen-bond donors (Lipinski definition) is 2. The molecule has 0 spiro atoms. The number of rotatable bonds is 4. The summed E-state index contributed by atoms with van der Waals surface area (Å²) in [6.45, 7) is 3.63. The molecule has 0 saturated heterocycles. The minimum atomic E-state index is -3.57. The maximum absolute atomic E-state index is 11.7. The number of aliphatic hydroxyl groups is 1. The van der Waals surface area contributed by atoms with Gasteiger partial charge < -0.3 is 5.11 Å². The lowest BCUT2D eigenvalue weighted by molar-refractivity contribution is 0.301. The molecule has 5 nitrogen and oxygen atoms in total. The van der Waals surface area contributed by atoms with Gasteiger partial charge in [-0.2, -0.15) is 0 Å². The molecule has 0 amide bonds. The van der Waals surface area contributed by atoms with Crippen LogP contribution in [0.15, 0.2) is 28.2 Å². The van der Waals surface area contributed by atoms with Crippen molar-refractivity contribution in [3.63, 3.8) is 0 Å². The van der Waals surface area contributed by atoms with Crippen LogP contribution in [-0.4, -0.2) is 32.9 Å². The first-order chi connectivity index (χ1) is 7.37. The van der Waals surface area contributed by atoms with Gasteiger partial charge in [0.15, 0.2) is 0 Å². The summed E-state index contributed by atoms with van der Waals surface area (Å²) >= 11 is 0. The van der Waals surface area contributed by atoms with Crippen LogP contribution in [0.2, 0.25) is 0 Å². The third kappa shape index (κ3) is 3.55. The Balaban J connectivity index is 2.91. The smallest absolute Gasteiger partial charge is 0.242 e. The van der Waals surface area contributed by atoms with Crippen LogP contribution in [0.4, 0.5) is 0 Å². The van der Waals surface area contributed by atoms with E-state index in [0.29, 0.717) is 0 Å². The predicted molar refractivity (Wildman–Crippen MR) is 63.5 cm³/mol. The molecular formula is C10H16N2O3S. The Morgan fingerprint density at radius 2 is 2.19 bits per heavy atom. The fourth-order valence-electron chi connectivity index (χ4n) is 1.11. The molecule has 1 aliphatic rings. The average Bonchev–Trinajstić information content (AvgIpc) is 2.36. The molecule has 16 heavy (non-hydrogen) atoms. The van der Waals surface area contributed by atoms with Crippen LogP contribution in [0.3, 0.4) is 0 Å². The quantitative estimate of drug-likeness (QED) is 0.751. The van der Waals surface area contributed by atoms with E-state index in [4.69, 9.17) is 5.11 Å². The molecule has 1 rings (SSSR count). The van der Waals surface area contributed by atoms with Crippen LogP contribution >= 0.6 is 0 Å². The first-order valence-corrected chi connectivity index (χ1v) is 6.40. The van der Waals surface area contributed by atoms with Crippen LogP contribution in [0.1, 0.15) is 13.8 Å². The van der Waals surface area contributed by atoms with Crippen molar-refractivity contribution in [2.75, 3.05) is 13.2 Å². The van der Waals surface area contributed by atoms with E-state index in [9.17, 15) is 8.42 Å². The lowest BCUT2D eigenvalue weighted by Crippen LogP contribution is -2.27. The molecule has 0 unspecified atom stereocenters. The van der Waals surface area contributed by atoms with Gasteiger partial charge >= 0.3 is 0 Å². The van der Waals surface area contributed by atoms with Gasteiger partial charge in [0.25, 0.3) is 0 Å². The van der Waals surface area contributed by atoms with Crippen molar-refractivity contribution in [1.29, 1.82) is 0 Å². The Hall–Kier alpha value is -0.980. The third-order valence-corrected chi connectivity index (χ3v) is 3.45. The van der Waals surface area contributed by atoms with Gasteiger partial charge in [0.1, 0.15) is 0 Å². The second-order valence-electron chi connectivity index (χ2n) is 4.09. The van der Waals surface area contributed by atoms with Crippen molar-refractivity contribution >= 4 is 16.2 Å². The molecule has 0 fully saturated rings. The normalized spacial score (nSPS) is 19.3. The zero-order valence-corrected chi connectivity index (χ0v) is 10.2. The summed E-state index contributed by atoms with van der Waals surface area (Å²) in [6, 6.07) is 0. The fourth-order valence-corrected chi connectivity index (χ4v) is 2.08. The van der Waals surface area contributed by atoms with Crippen LogP contribution in [0.25, 0.3) is 0 Å². The zero-order chi connectivity index (χ0) is 12.2. The highest BCUT2D eigenvalue weighted by atomic mass is 32.2. The lowest BCUT2D eigenvalue weighted by atomic mass is 9.95. The molecule has 1 aliphatic heterocycles. The van der Waals surface area contributed by atoms with E-state index in [-0.39, 0.29) is 23.5 Å². The standard InChI is InChI=1S/C10H16N2O3S/c1-10(2)4-3-9(7-11-8-10)16(14,15)12-5-6-13/h3-4,7-8,12-13H,5-6H2,1-2H3. The van der Waals surface area contributed by atoms with Crippen molar-refractivity contribution in [2.45, 2.75) is 13.8 Å². The number of allylic oxidation sites excluding steroid dienone is 2. The zero-order valence-electron chi connectivity index (χ0n) is 9.34. The molecule has 0 aromatic rings. The van der Waals surface area contributed by atoms with E-state index >= 15 is 0 Å². The number of nitrogens with one attached hydrogen (secondary N) is 1. The molecule has 0 bridgehead atoms. The summed E-state index contributed by atoms with van der Waals surface area (Å²) in [5.74, 6) is 0. The molecule has 0 radical (unpaired) electrons. The maximum Gasteiger partial charge on any atom is 0.242 e. The third-order valence-electron chi connectivity index (χ3n) is 2.00. The number of nitrogens with zero attached hydrogens (tertiary/aromatic N) is 1. The van der Waals surface area contributed by atoms with E-state index in [1.54, 1.807) is 12.3 Å². The summed E-state index contributed by atoms with van der Waals surface area (Å²) in [6.07, 6.45) is 6.27. The summed E-state index contributed by atoms with van der Waals surface area (Å²) in [5, 5.41) is 8.57. The minimum absolute atomic E-state index is 0.000616. The monoisotopic (exact) mass is 244 g/mol. The summed E-state index contributed by atoms with van der Waals surface area (Å²) in [5.41, 5.74) is -0.259. The molecule has 0 aromatic carbocycles. The number of sulfonamides is 1. The van der Waals surface area contributed by atoms with Gasteiger partial charge in [-0.3, -0.25) is 4.99 Å². The van der Waals surface area contributed by atoms with Gasteiger partial charge in [-0.25, -0.2) is 13.1 Å². The van der Waals surface area contributed by atoms with E-state index in [1.807, 2.05) is 13.8 Å². The molecule has 0 aliphatic carbocycles.